The van der Waals surface area contributed by atoms with Crippen LogP contribution >= 0.6 is 11.3 Å². The van der Waals surface area contributed by atoms with Crippen LogP contribution < -0.4 is 14.8 Å². The van der Waals surface area contributed by atoms with E-state index in [4.69, 9.17) is 14.2 Å². The van der Waals surface area contributed by atoms with Gasteiger partial charge in [0.05, 0.1) is 32.4 Å². The van der Waals surface area contributed by atoms with Crippen molar-refractivity contribution in [3.05, 3.63) is 70.4 Å². The molecule has 0 spiro atoms. The summed E-state index contributed by atoms with van der Waals surface area (Å²) in [6.07, 6.45) is 1.80. The maximum atomic E-state index is 14.1. The van der Waals surface area contributed by atoms with Gasteiger partial charge in [-0.1, -0.05) is 23.4 Å². The maximum absolute atomic E-state index is 14.1. The molecule has 1 saturated heterocycles. The average Bonchev–Trinajstić information content (AvgIpc) is 3.75. The molecule has 1 aliphatic heterocycles. The highest BCUT2D eigenvalue weighted by molar-refractivity contribution is 7.09. The third-order valence-corrected chi connectivity index (χ3v) is 7.62. The molecule has 2 aromatic carbocycles. The number of methoxy groups -OCH3 is 2. The lowest BCUT2D eigenvalue weighted by Crippen LogP contribution is -2.46. The van der Waals surface area contributed by atoms with Gasteiger partial charge in [0.25, 0.3) is 0 Å². The van der Waals surface area contributed by atoms with E-state index in [1.807, 2.05) is 41.8 Å². The first-order chi connectivity index (χ1) is 19.1. The second kappa shape index (κ2) is 12.3. The molecule has 3 heterocycles. The smallest absolute Gasteiger partial charge is 0.247 e. The third kappa shape index (κ3) is 6.04. The van der Waals surface area contributed by atoms with E-state index in [1.165, 1.54) is 18.4 Å². The molecular weight excluding hydrogens is 518 g/mol. The lowest BCUT2D eigenvalue weighted by Gasteiger charge is -2.32. The molecule has 1 aliphatic rings. The Morgan fingerprint density at radius 3 is 2.79 bits per heavy atom. The zero-order valence-electron chi connectivity index (χ0n) is 21.9. The zero-order chi connectivity index (χ0) is 27.2. The second-order valence-electron chi connectivity index (χ2n) is 9.23. The van der Waals surface area contributed by atoms with Crippen molar-refractivity contribution in [2.45, 2.75) is 38.1 Å². The highest BCUT2D eigenvalue weighted by Crippen LogP contribution is 2.35. The molecule has 1 N–H and O–H groups in total. The Morgan fingerprint density at radius 1 is 1.18 bits per heavy atom. The topological polar surface area (TPSA) is 108 Å². The highest BCUT2D eigenvalue weighted by Gasteiger charge is 2.35. The highest BCUT2D eigenvalue weighted by atomic mass is 32.1. The van der Waals surface area contributed by atoms with E-state index >= 15 is 0 Å². The number of thiophene rings is 1. The van der Waals surface area contributed by atoms with E-state index in [-0.39, 0.29) is 31.0 Å². The van der Waals surface area contributed by atoms with Crippen LogP contribution in [0.25, 0.3) is 11.0 Å². The van der Waals surface area contributed by atoms with Crippen LogP contribution in [0.15, 0.2) is 60.0 Å². The van der Waals surface area contributed by atoms with E-state index in [0.717, 1.165) is 23.2 Å². The Kier molecular flexibility index (Phi) is 8.38. The van der Waals surface area contributed by atoms with Crippen LogP contribution in [0.1, 0.15) is 29.3 Å². The number of nitrogens with zero attached hydrogens (tertiary/aromatic N) is 4. The van der Waals surface area contributed by atoms with Crippen LogP contribution in [-0.4, -0.2) is 65.2 Å². The van der Waals surface area contributed by atoms with Crippen molar-refractivity contribution in [2.24, 2.45) is 0 Å². The van der Waals surface area contributed by atoms with Crippen LogP contribution in [0.2, 0.25) is 0 Å². The molecule has 204 valence electrons. The van der Waals surface area contributed by atoms with Gasteiger partial charge < -0.3 is 24.4 Å². The van der Waals surface area contributed by atoms with Crippen LogP contribution in [0.4, 0.5) is 0 Å². The minimum absolute atomic E-state index is 0.0460. The monoisotopic (exact) mass is 549 g/mol. The van der Waals surface area contributed by atoms with Gasteiger partial charge in [0.2, 0.25) is 11.8 Å². The van der Waals surface area contributed by atoms with Crippen LogP contribution in [0, 0.1) is 0 Å². The summed E-state index contributed by atoms with van der Waals surface area (Å²) in [5, 5.41) is 13.4. The molecule has 0 saturated carbocycles. The maximum Gasteiger partial charge on any atom is 0.247 e. The van der Waals surface area contributed by atoms with Crippen molar-refractivity contribution in [1.82, 2.24) is 25.2 Å². The van der Waals surface area contributed by atoms with Gasteiger partial charge in [0.15, 0.2) is 0 Å². The van der Waals surface area contributed by atoms with Crippen LogP contribution in [-0.2, 0) is 27.4 Å². The number of hydrogen-bond donors (Lipinski definition) is 1. The molecule has 2 amide bonds. The summed E-state index contributed by atoms with van der Waals surface area (Å²) in [5.41, 5.74) is 1.98. The summed E-state index contributed by atoms with van der Waals surface area (Å²) in [4.78, 5) is 30.5. The number of amides is 2. The van der Waals surface area contributed by atoms with E-state index < -0.39 is 6.04 Å². The molecule has 2 aromatic heterocycles. The van der Waals surface area contributed by atoms with Crippen molar-refractivity contribution in [1.29, 1.82) is 0 Å². The van der Waals surface area contributed by atoms with Gasteiger partial charge in [0.1, 0.15) is 29.6 Å². The van der Waals surface area contributed by atoms with Gasteiger partial charge in [-0.15, -0.1) is 16.4 Å². The first-order valence-corrected chi connectivity index (χ1v) is 13.7. The molecule has 11 heteroatoms. The Labute approximate surface area is 230 Å². The molecule has 0 bridgehead atoms. The fourth-order valence-electron chi connectivity index (χ4n) is 4.76. The summed E-state index contributed by atoms with van der Waals surface area (Å²) in [6.45, 7) is 1.20. The van der Waals surface area contributed by atoms with Gasteiger partial charge in [-0.2, -0.15) is 0 Å². The molecule has 0 unspecified atom stereocenters. The number of hydrogen-bond acceptors (Lipinski definition) is 8. The standard InChI is InChI=1S/C28H31N5O5S/c1-36-19-11-12-22(25(15-19)37-2)27(28(35)29-16-20-7-5-13-38-20)32(17-21-8-6-14-39-21)26(34)18-33-24-10-4-3-9-23(24)30-31-33/h3-4,6,8-12,14-15,20,27H,5,7,13,16-18H2,1-2H3,(H,29,35)/t20-,27+/m1/s1. The SMILES string of the molecule is COc1ccc([C@@H](C(=O)NC[C@H]2CCCO2)N(Cc2cccs2)C(=O)Cn2nnc3ccccc32)c(OC)c1. The Hall–Kier alpha value is -3.96. The molecule has 10 nitrogen and oxygen atoms in total. The number of ether oxygens (including phenoxy) is 3. The molecule has 1 fully saturated rings. The Morgan fingerprint density at radius 2 is 2.05 bits per heavy atom. The average molecular weight is 550 g/mol. The number of fused-ring (bicyclic) bond motifs is 1. The quantitative estimate of drug-likeness (QED) is 0.305. The fraction of sp³-hybridized carbons (Fsp3) is 0.357. The first kappa shape index (κ1) is 26.6. The predicted molar refractivity (Wildman–Crippen MR) is 147 cm³/mol. The largest absolute Gasteiger partial charge is 0.497 e. The normalized spacial score (nSPS) is 15.7. The molecule has 5 rings (SSSR count). The number of nitrogens with one attached hydrogen (secondary N) is 1. The van der Waals surface area contributed by atoms with Crippen LogP contribution in [0.3, 0.4) is 0 Å². The number of para-hydroxylation sites is 1. The number of benzene rings is 2. The lowest BCUT2D eigenvalue weighted by molar-refractivity contribution is -0.142. The molecule has 4 aromatic rings. The van der Waals surface area contributed by atoms with E-state index in [1.54, 1.807) is 34.9 Å². The van der Waals surface area contributed by atoms with E-state index in [9.17, 15) is 9.59 Å². The van der Waals surface area contributed by atoms with Gasteiger partial charge in [-0.3, -0.25) is 9.59 Å². The van der Waals surface area contributed by atoms with Crippen molar-refractivity contribution in [3.63, 3.8) is 0 Å². The van der Waals surface area contributed by atoms with Crippen molar-refractivity contribution >= 4 is 34.2 Å². The van der Waals surface area contributed by atoms with Crippen LogP contribution in [0.5, 0.6) is 11.5 Å². The van der Waals surface area contributed by atoms with E-state index in [0.29, 0.717) is 35.7 Å². The number of carbonyl (C=O) groups is 2. The summed E-state index contributed by atoms with van der Waals surface area (Å²) in [6, 6.07) is 15.6. The molecule has 39 heavy (non-hydrogen) atoms. The molecule has 0 aliphatic carbocycles. The summed E-state index contributed by atoms with van der Waals surface area (Å²) >= 11 is 1.52. The summed E-state index contributed by atoms with van der Waals surface area (Å²) in [7, 11) is 3.10. The summed E-state index contributed by atoms with van der Waals surface area (Å²) < 4.78 is 18.3. The number of aromatic nitrogens is 3. The first-order valence-electron chi connectivity index (χ1n) is 12.8. The van der Waals surface area contributed by atoms with E-state index in [2.05, 4.69) is 15.6 Å². The van der Waals surface area contributed by atoms with Crippen molar-refractivity contribution in [3.8, 4) is 11.5 Å². The number of rotatable bonds is 11. The molecule has 0 radical (unpaired) electrons. The van der Waals surface area contributed by atoms with Gasteiger partial charge in [-0.05, 0) is 48.6 Å². The van der Waals surface area contributed by atoms with Crippen molar-refractivity contribution in [2.75, 3.05) is 27.4 Å². The predicted octanol–water partition coefficient (Wildman–Crippen LogP) is 3.58. The lowest BCUT2D eigenvalue weighted by atomic mass is 10.0. The van der Waals surface area contributed by atoms with Gasteiger partial charge >= 0.3 is 0 Å². The molecule has 2 atom stereocenters. The van der Waals surface area contributed by atoms with Gasteiger partial charge in [-0.25, -0.2) is 4.68 Å². The fourth-order valence-corrected chi connectivity index (χ4v) is 5.46. The van der Waals surface area contributed by atoms with Crippen molar-refractivity contribution < 1.29 is 23.8 Å². The third-order valence-electron chi connectivity index (χ3n) is 6.76. The zero-order valence-corrected chi connectivity index (χ0v) is 22.7. The summed E-state index contributed by atoms with van der Waals surface area (Å²) in [5.74, 6) is 0.428. The minimum atomic E-state index is -0.975. The second-order valence-corrected chi connectivity index (χ2v) is 10.3. The van der Waals surface area contributed by atoms with Gasteiger partial charge in [0, 0.05) is 29.7 Å². The number of carbonyl (C=O) groups excluding carboxylic acids is 2. The Balaban J connectivity index is 1.53. The minimum Gasteiger partial charge on any atom is -0.497 e. The molecular formula is C28H31N5O5S. The Bertz CT molecular complexity index is 1420.